The lowest BCUT2D eigenvalue weighted by atomic mass is 10.2. The minimum Gasteiger partial charge on any atom is -0.512 e. The third-order valence-electron chi connectivity index (χ3n) is 2.12. The molecule has 5 nitrogen and oxygen atoms in total. The Morgan fingerprint density at radius 2 is 1.33 bits per heavy atom. The van der Waals surface area contributed by atoms with E-state index in [2.05, 4.69) is 14.9 Å². The van der Waals surface area contributed by atoms with Crippen molar-refractivity contribution in [2.24, 2.45) is 10.2 Å². The van der Waals surface area contributed by atoms with Gasteiger partial charge in [0.25, 0.3) is 0 Å². The minimum atomic E-state index is -1.82. The lowest BCUT2D eigenvalue weighted by molar-refractivity contribution is 0.288. The molecule has 0 unspecified atom stereocenters. The number of nitrogens with zero attached hydrogens (tertiary/aromatic N) is 2. The number of hydrogen-bond donors (Lipinski definition) is 2. The van der Waals surface area contributed by atoms with Gasteiger partial charge in [-0.25, -0.2) is 0 Å². The van der Waals surface area contributed by atoms with Crippen LogP contribution in [0.1, 0.15) is 0 Å². The van der Waals surface area contributed by atoms with E-state index >= 15 is 0 Å². The van der Waals surface area contributed by atoms with Gasteiger partial charge in [-0.05, 0) is 36.4 Å². The Kier molecular flexibility index (Phi) is 4.06. The molecule has 0 saturated carbocycles. The molecule has 0 spiro atoms. The highest BCUT2D eigenvalue weighted by Crippen LogP contribution is 2.21. The summed E-state index contributed by atoms with van der Waals surface area (Å²) in [5.74, 6) is 0.351. The fourth-order valence-corrected chi connectivity index (χ4v) is 1.32. The van der Waals surface area contributed by atoms with Gasteiger partial charge >= 0.3 is 7.32 Å². The molecule has 0 fully saturated rings. The molecule has 2 N–H and O–H groups in total. The van der Waals surface area contributed by atoms with Crippen LogP contribution in [-0.2, 0) is 0 Å². The third-order valence-corrected chi connectivity index (χ3v) is 2.12. The molecule has 90 valence electrons. The molecule has 2 aromatic carbocycles. The average Bonchev–Trinajstić information content (AvgIpc) is 2.38. The number of rotatable bonds is 4. The van der Waals surface area contributed by atoms with Crippen LogP contribution in [0.2, 0.25) is 0 Å². The molecule has 0 aliphatic heterocycles. The van der Waals surface area contributed by atoms with E-state index in [9.17, 15) is 0 Å². The van der Waals surface area contributed by atoms with Gasteiger partial charge in [0, 0.05) is 0 Å². The Morgan fingerprint density at radius 1 is 0.778 bits per heavy atom. The van der Waals surface area contributed by atoms with Crippen LogP contribution in [0.25, 0.3) is 0 Å². The highest BCUT2D eigenvalue weighted by atomic mass is 16.6. The Bertz CT molecular complexity index is 515. The van der Waals surface area contributed by atoms with Gasteiger partial charge in [-0.2, -0.15) is 10.2 Å². The highest BCUT2D eigenvalue weighted by molar-refractivity contribution is 6.33. The van der Waals surface area contributed by atoms with Crippen LogP contribution in [0, 0.1) is 0 Å². The topological polar surface area (TPSA) is 74.4 Å². The highest BCUT2D eigenvalue weighted by Gasteiger charge is 2.10. The smallest absolute Gasteiger partial charge is 0.512 e. The summed E-state index contributed by atoms with van der Waals surface area (Å²) in [4.78, 5) is 0. The molecule has 2 rings (SSSR count). The molecule has 6 heteroatoms. The first-order valence-electron chi connectivity index (χ1n) is 5.34. The Hall–Kier alpha value is -2.18. The zero-order valence-corrected chi connectivity index (χ0v) is 9.47. The van der Waals surface area contributed by atoms with Crippen molar-refractivity contribution in [2.45, 2.75) is 0 Å². The van der Waals surface area contributed by atoms with E-state index in [1.165, 1.54) is 0 Å². The SMILES string of the molecule is OB(O)Oc1ccc(/N=N/c2ccccc2)cc1. The molecule has 0 atom stereocenters. The molecule has 0 saturated heterocycles. The second-order valence-corrected chi connectivity index (χ2v) is 3.47. The minimum absolute atomic E-state index is 0.351. The van der Waals surface area contributed by atoms with Crippen LogP contribution >= 0.6 is 0 Å². The van der Waals surface area contributed by atoms with Crippen LogP contribution < -0.4 is 4.65 Å². The van der Waals surface area contributed by atoms with Gasteiger partial charge < -0.3 is 14.7 Å². The zero-order chi connectivity index (χ0) is 12.8. The van der Waals surface area contributed by atoms with Crippen molar-refractivity contribution in [1.29, 1.82) is 0 Å². The Balaban J connectivity index is 2.04. The average molecular weight is 242 g/mol. The van der Waals surface area contributed by atoms with Crippen LogP contribution in [0.3, 0.4) is 0 Å². The molecular weight excluding hydrogens is 231 g/mol. The van der Waals surface area contributed by atoms with E-state index in [0.29, 0.717) is 11.4 Å². The Morgan fingerprint density at radius 3 is 1.89 bits per heavy atom. The first-order valence-corrected chi connectivity index (χ1v) is 5.34. The summed E-state index contributed by atoms with van der Waals surface area (Å²) in [7, 11) is -1.82. The van der Waals surface area contributed by atoms with Gasteiger partial charge in [-0.1, -0.05) is 18.2 Å². The van der Waals surface area contributed by atoms with Gasteiger partial charge in [0.2, 0.25) is 0 Å². The van der Waals surface area contributed by atoms with E-state index < -0.39 is 7.32 Å². The van der Waals surface area contributed by atoms with Crippen LogP contribution in [0.5, 0.6) is 5.75 Å². The van der Waals surface area contributed by atoms with E-state index in [1.54, 1.807) is 24.3 Å². The maximum absolute atomic E-state index is 8.62. The summed E-state index contributed by atoms with van der Waals surface area (Å²) in [6.07, 6.45) is 0. The van der Waals surface area contributed by atoms with Gasteiger partial charge in [0.05, 0.1) is 11.4 Å². The first-order chi connectivity index (χ1) is 8.74. The molecule has 0 amide bonds. The molecule has 0 bridgehead atoms. The molecule has 18 heavy (non-hydrogen) atoms. The van der Waals surface area contributed by atoms with Crippen molar-refractivity contribution in [1.82, 2.24) is 0 Å². The monoisotopic (exact) mass is 242 g/mol. The second-order valence-electron chi connectivity index (χ2n) is 3.47. The molecule has 2 aromatic rings. The second kappa shape index (κ2) is 5.95. The lowest BCUT2D eigenvalue weighted by Crippen LogP contribution is -2.20. The van der Waals surface area contributed by atoms with Crippen molar-refractivity contribution < 1.29 is 14.7 Å². The third kappa shape index (κ3) is 3.69. The maximum atomic E-state index is 8.62. The van der Waals surface area contributed by atoms with Gasteiger partial charge in [0.15, 0.2) is 0 Å². The van der Waals surface area contributed by atoms with E-state index in [0.717, 1.165) is 5.69 Å². The van der Waals surface area contributed by atoms with E-state index in [4.69, 9.17) is 10.0 Å². The fraction of sp³-hybridized carbons (Fsp3) is 0. The predicted octanol–water partition coefficient (Wildman–Crippen LogP) is 2.45. The summed E-state index contributed by atoms with van der Waals surface area (Å²) >= 11 is 0. The quantitative estimate of drug-likeness (QED) is 0.638. The van der Waals surface area contributed by atoms with Crippen molar-refractivity contribution in [2.75, 3.05) is 0 Å². The number of benzene rings is 2. The Labute approximate surface area is 105 Å². The summed E-state index contributed by atoms with van der Waals surface area (Å²) < 4.78 is 4.67. The number of hydrogen-bond acceptors (Lipinski definition) is 5. The molecule has 0 heterocycles. The van der Waals surface area contributed by atoms with E-state index in [1.807, 2.05) is 30.3 Å². The maximum Gasteiger partial charge on any atom is 0.707 e. The van der Waals surface area contributed by atoms with Crippen molar-refractivity contribution in [3.63, 3.8) is 0 Å². The van der Waals surface area contributed by atoms with E-state index in [-0.39, 0.29) is 0 Å². The van der Waals surface area contributed by atoms with Crippen LogP contribution in [0.15, 0.2) is 64.8 Å². The lowest BCUT2D eigenvalue weighted by Gasteiger charge is -2.03. The molecule has 0 aromatic heterocycles. The largest absolute Gasteiger partial charge is 0.707 e. The predicted molar refractivity (Wildman–Crippen MR) is 67.9 cm³/mol. The standard InChI is InChI=1S/C12H11BN2O3/c16-13(17)18-12-8-6-11(7-9-12)15-14-10-4-2-1-3-5-10/h1-9,16-17H/b15-14+. The summed E-state index contributed by atoms with van der Waals surface area (Å²) in [5.41, 5.74) is 1.42. The zero-order valence-electron chi connectivity index (χ0n) is 9.47. The molecule has 0 radical (unpaired) electrons. The van der Waals surface area contributed by atoms with Gasteiger partial charge in [0.1, 0.15) is 5.75 Å². The van der Waals surface area contributed by atoms with Gasteiger partial charge in [-0.3, -0.25) is 0 Å². The van der Waals surface area contributed by atoms with Crippen molar-refractivity contribution in [3.8, 4) is 5.75 Å². The fourth-order valence-electron chi connectivity index (χ4n) is 1.32. The van der Waals surface area contributed by atoms with Crippen LogP contribution in [0.4, 0.5) is 11.4 Å². The summed E-state index contributed by atoms with van der Waals surface area (Å²) in [5, 5.41) is 25.3. The molecule has 0 aliphatic rings. The molecule has 0 aliphatic carbocycles. The number of azo groups is 1. The van der Waals surface area contributed by atoms with Crippen molar-refractivity contribution >= 4 is 18.7 Å². The van der Waals surface area contributed by atoms with Crippen molar-refractivity contribution in [3.05, 3.63) is 54.6 Å². The summed E-state index contributed by atoms with van der Waals surface area (Å²) in [6, 6.07) is 15.9. The normalized spacial score (nSPS) is 10.6. The molecular formula is C12H11BN2O3. The first kappa shape index (κ1) is 12.3. The summed E-state index contributed by atoms with van der Waals surface area (Å²) in [6.45, 7) is 0. The van der Waals surface area contributed by atoms with Crippen LogP contribution in [-0.4, -0.2) is 17.4 Å². The van der Waals surface area contributed by atoms with Gasteiger partial charge in [-0.15, -0.1) is 0 Å².